The highest BCUT2D eigenvalue weighted by Gasteiger charge is 2.13. The van der Waals surface area contributed by atoms with Crippen LogP contribution in [0.25, 0.3) is 10.8 Å². The molecule has 3 N–H and O–H groups in total. The predicted molar refractivity (Wildman–Crippen MR) is 68.0 cm³/mol. The van der Waals surface area contributed by atoms with Gasteiger partial charge in [-0.25, -0.2) is 0 Å². The minimum Gasteiger partial charge on any atom is -0.480 e. The van der Waals surface area contributed by atoms with Gasteiger partial charge in [-0.3, -0.25) is 4.79 Å². The predicted octanol–water partition coefficient (Wildman–Crippen LogP) is 2.10. The summed E-state index contributed by atoms with van der Waals surface area (Å²) in [5.74, 6) is -0.963. The summed E-state index contributed by atoms with van der Waals surface area (Å²) in [6.07, 6.45) is 0.357. The summed E-state index contributed by atoms with van der Waals surface area (Å²) in [4.78, 5) is 10.8. The van der Waals surface area contributed by atoms with E-state index in [0.29, 0.717) is 6.42 Å². The Morgan fingerprint density at radius 3 is 2.53 bits per heavy atom. The summed E-state index contributed by atoms with van der Waals surface area (Å²) in [6.45, 7) is 2.04. The molecule has 0 saturated carbocycles. The van der Waals surface area contributed by atoms with Crippen molar-refractivity contribution < 1.29 is 9.90 Å². The number of hydrogen-bond donors (Lipinski definition) is 2. The van der Waals surface area contributed by atoms with Gasteiger partial charge in [-0.05, 0) is 35.2 Å². The summed E-state index contributed by atoms with van der Waals surface area (Å²) in [5, 5.41) is 11.1. The molecule has 0 amide bonds. The van der Waals surface area contributed by atoms with Gasteiger partial charge in [-0.15, -0.1) is 0 Å². The first-order valence-corrected chi connectivity index (χ1v) is 5.55. The van der Waals surface area contributed by atoms with Gasteiger partial charge in [0.25, 0.3) is 0 Å². The molecule has 0 aliphatic carbocycles. The third-order valence-electron chi connectivity index (χ3n) is 2.99. The fourth-order valence-corrected chi connectivity index (χ4v) is 2.01. The molecule has 88 valence electrons. The average molecular weight is 229 g/mol. The molecule has 0 radical (unpaired) electrons. The van der Waals surface area contributed by atoms with Gasteiger partial charge in [0.05, 0.1) is 0 Å². The van der Waals surface area contributed by atoms with E-state index in [-0.39, 0.29) is 0 Å². The number of benzene rings is 2. The van der Waals surface area contributed by atoms with Gasteiger partial charge >= 0.3 is 5.97 Å². The standard InChI is InChI=1S/C14H15NO2/c1-9-6-7-10(8-13(15)14(16)17)12-5-3-2-4-11(9)12/h2-7,13H,8,15H2,1H3,(H,16,17). The van der Waals surface area contributed by atoms with Gasteiger partial charge in [-0.1, -0.05) is 36.4 Å². The molecule has 3 heteroatoms. The second-order valence-electron chi connectivity index (χ2n) is 4.24. The van der Waals surface area contributed by atoms with E-state index < -0.39 is 12.0 Å². The van der Waals surface area contributed by atoms with Crippen LogP contribution in [0, 0.1) is 6.92 Å². The molecule has 0 saturated heterocycles. The lowest BCUT2D eigenvalue weighted by atomic mass is 9.96. The first-order chi connectivity index (χ1) is 8.09. The van der Waals surface area contributed by atoms with Crippen molar-refractivity contribution >= 4 is 16.7 Å². The number of rotatable bonds is 3. The van der Waals surface area contributed by atoms with Crippen molar-refractivity contribution in [2.75, 3.05) is 0 Å². The van der Waals surface area contributed by atoms with Gasteiger partial charge in [0, 0.05) is 0 Å². The monoisotopic (exact) mass is 229 g/mol. The molecular formula is C14H15NO2. The minimum atomic E-state index is -0.963. The van der Waals surface area contributed by atoms with Crippen LogP contribution in [-0.4, -0.2) is 17.1 Å². The van der Waals surface area contributed by atoms with Gasteiger partial charge in [0.15, 0.2) is 0 Å². The number of aryl methyl sites for hydroxylation is 1. The molecule has 2 aromatic rings. The first kappa shape index (κ1) is 11.6. The number of fused-ring (bicyclic) bond motifs is 1. The molecule has 0 heterocycles. The average Bonchev–Trinajstić information content (AvgIpc) is 2.33. The zero-order chi connectivity index (χ0) is 12.4. The van der Waals surface area contributed by atoms with Crippen LogP contribution in [0.1, 0.15) is 11.1 Å². The molecule has 0 aliphatic rings. The van der Waals surface area contributed by atoms with Crippen molar-refractivity contribution in [1.82, 2.24) is 0 Å². The Kier molecular flexibility index (Phi) is 3.11. The Labute approximate surface area is 99.9 Å². The van der Waals surface area contributed by atoms with Crippen LogP contribution in [0.4, 0.5) is 0 Å². The summed E-state index contributed by atoms with van der Waals surface area (Å²) in [6, 6.07) is 11.1. The van der Waals surface area contributed by atoms with E-state index in [9.17, 15) is 4.79 Å². The van der Waals surface area contributed by atoms with E-state index in [1.807, 2.05) is 43.3 Å². The van der Waals surface area contributed by atoms with Crippen LogP contribution in [0.2, 0.25) is 0 Å². The van der Waals surface area contributed by atoms with Crippen LogP contribution < -0.4 is 5.73 Å². The fourth-order valence-electron chi connectivity index (χ4n) is 2.01. The molecule has 0 bridgehead atoms. The molecule has 0 aliphatic heterocycles. The third kappa shape index (κ3) is 2.29. The Morgan fingerprint density at radius 1 is 1.24 bits per heavy atom. The quantitative estimate of drug-likeness (QED) is 0.847. The van der Waals surface area contributed by atoms with Crippen LogP contribution >= 0.6 is 0 Å². The van der Waals surface area contributed by atoms with Gasteiger partial charge in [0.2, 0.25) is 0 Å². The summed E-state index contributed by atoms with van der Waals surface area (Å²) < 4.78 is 0. The van der Waals surface area contributed by atoms with E-state index in [0.717, 1.165) is 16.3 Å². The number of carboxylic acid groups (broad SMARTS) is 1. The molecule has 0 fully saturated rings. The molecule has 0 spiro atoms. The van der Waals surface area contributed by atoms with E-state index >= 15 is 0 Å². The van der Waals surface area contributed by atoms with E-state index in [1.54, 1.807) is 0 Å². The second-order valence-corrected chi connectivity index (χ2v) is 4.24. The molecule has 2 rings (SSSR count). The molecule has 2 aromatic carbocycles. The SMILES string of the molecule is Cc1ccc(CC(N)C(=O)O)c2ccccc12. The van der Waals surface area contributed by atoms with Crippen LogP contribution in [0.3, 0.4) is 0 Å². The molecule has 17 heavy (non-hydrogen) atoms. The van der Waals surface area contributed by atoms with Crippen LogP contribution in [0.5, 0.6) is 0 Å². The Bertz CT molecular complexity index is 563. The lowest BCUT2D eigenvalue weighted by molar-refractivity contribution is -0.138. The van der Waals surface area contributed by atoms with Crippen LogP contribution in [0.15, 0.2) is 36.4 Å². The van der Waals surface area contributed by atoms with E-state index in [2.05, 4.69) is 0 Å². The highest BCUT2D eigenvalue weighted by atomic mass is 16.4. The molecule has 3 nitrogen and oxygen atoms in total. The third-order valence-corrected chi connectivity index (χ3v) is 2.99. The number of aliphatic carboxylic acids is 1. The summed E-state index contributed by atoms with van der Waals surface area (Å²) in [5.41, 5.74) is 7.75. The second kappa shape index (κ2) is 4.55. The molecular weight excluding hydrogens is 214 g/mol. The molecule has 0 aromatic heterocycles. The van der Waals surface area contributed by atoms with Crippen molar-refractivity contribution in [2.24, 2.45) is 5.73 Å². The maximum atomic E-state index is 10.8. The normalized spacial score (nSPS) is 12.6. The van der Waals surface area contributed by atoms with Gasteiger partial charge < -0.3 is 10.8 Å². The van der Waals surface area contributed by atoms with Crippen molar-refractivity contribution in [3.63, 3.8) is 0 Å². The Hall–Kier alpha value is -1.87. The summed E-state index contributed by atoms with van der Waals surface area (Å²) in [7, 11) is 0. The van der Waals surface area contributed by atoms with E-state index in [1.165, 1.54) is 5.56 Å². The van der Waals surface area contributed by atoms with Crippen LogP contribution in [-0.2, 0) is 11.2 Å². The Balaban J connectivity index is 2.48. The smallest absolute Gasteiger partial charge is 0.320 e. The van der Waals surface area contributed by atoms with Crippen molar-refractivity contribution in [3.05, 3.63) is 47.5 Å². The topological polar surface area (TPSA) is 63.3 Å². The summed E-state index contributed by atoms with van der Waals surface area (Å²) >= 11 is 0. The maximum absolute atomic E-state index is 10.8. The van der Waals surface area contributed by atoms with Crippen molar-refractivity contribution in [2.45, 2.75) is 19.4 Å². The van der Waals surface area contributed by atoms with Gasteiger partial charge in [-0.2, -0.15) is 0 Å². The van der Waals surface area contributed by atoms with Crippen molar-refractivity contribution in [3.8, 4) is 0 Å². The lowest BCUT2D eigenvalue weighted by Crippen LogP contribution is -2.32. The lowest BCUT2D eigenvalue weighted by Gasteiger charge is -2.11. The highest BCUT2D eigenvalue weighted by molar-refractivity contribution is 5.89. The zero-order valence-electron chi connectivity index (χ0n) is 9.68. The first-order valence-electron chi connectivity index (χ1n) is 5.55. The Morgan fingerprint density at radius 2 is 1.88 bits per heavy atom. The minimum absolute atomic E-state index is 0.357. The number of hydrogen-bond acceptors (Lipinski definition) is 2. The highest BCUT2D eigenvalue weighted by Crippen LogP contribution is 2.23. The number of nitrogens with two attached hydrogens (primary N) is 1. The fraction of sp³-hybridized carbons (Fsp3) is 0.214. The number of carbonyl (C=O) groups is 1. The van der Waals surface area contributed by atoms with Gasteiger partial charge in [0.1, 0.15) is 6.04 Å². The maximum Gasteiger partial charge on any atom is 0.320 e. The molecule has 1 unspecified atom stereocenters. The largest absolute Gasteiger partial charge is 0.480 e. The van der Waals surface area contributed by atoms with E-state index in [4.69, 9.17) is 10.8 Å². The molecule has 1 atom stereocenters. The zero-order valence-corrected chi connectivity index (χ0v) is 9.68. The van der Waals surface area contributed by atoms with Crippen molar-refractivity contribution in [1.29, 1.82) is 0 Å². The number of carboxylic acids is 1.